The van der Waals surface area contributed by atoms with Crippen molar-refractivity contribution in [2.45, 2.75) is 45.2 Å². The predicted molar refractivity (Wildman–Crippen MR) is 81.0 cm³/mol. The third kappa shape index (κ3) is 4.15. The first-order valence-electron chi connectivity index (χ1n) is 7.68. The zero-order chi connectivity index (χ0) is 16.2. The Bertz CT molecular complexity index is 523. The summed E-state index contributed by atoms with van der Waals surface area (Å²) in [7, 11) is 0. The number of carbonyl (C=O) groups excluding carboxylic acids is 1. The van der Waals surface area contributed by atoms with E-state index in [1.54, 1.807) is 0 Å². The lowest BCUT2D eigenvalue weighted by Gasteiger charge is -2.23. The minimum absolute atomic E-state index is 0.235. The Morgan fingerprint density at radius 3 is 2.55 bits per heavy atom. The molecule has 0 aromatic heterocycles. The van der Waals surface area contributed by atoms with Gasteiger partial charge in [-0.15, -0.1) is 0 Å². The van der Waals surface area contributed by atoms with E-state index in [9.17, 15) is 18.0 Å². The van der Waals surface area contributed by atoms with Gasteiger partial charge >= 0.3 is 6.18 Å². The number of nitrogens with zero attached hydrogens (tertiary/aromatic N) is 1. The molecule has 0 bridgehead atoms. The number of hydrogen-bond donors (Lipinski definition) is 1. The van der Waals surface area contributed by atoms with Gasteiger partial charge in [0.15, 0.2) is 0 Å². The molecule has 1 aliphatic rings. The van der Waals surface area contributed by atoms with Crippen LogP contribution < -0.4 is 10.2 Å². The molecule has 122 valence electrons. The monoisotopic (exact) mass is 314 g/mol. The molecule has 22 heavy (non-hydrogen) atoms. The van der Waals surface area contributed by atoms with E-state index in [2.05, 4.69) is 5.32 Å². The number of halogens is 3. The molecule has 0 unspecified atom stereocenters. The predicted octanol–water partition coefficient (Wildman–Crippen LogP) is 4.43. The maximum absolute atomic E-state index is 12.9. The average molecular weight is 314 g/mol. The van der Waals surface area contributed by atoms with Crippen molar-refractivity contribution in [1.29, 1.82) is 0 Å². The van der Waals surface area contributed by atoms with Gasteiger partial charge < -0.3 is 10.2 Å². The minimum Gasteiger partial charge on any atom is -0.370 e. The highest BCUT2D eigenvalue weighted by Crippen LogP contribution is 2.36. The average Bonchev–Trinajstić information content (AvgIpc) is 2.98. The molecule has 1 N–H and O–H groups in total. The topological polar surface area (TPSA) is 32.3 Å². The second-order valence-corrected chi connectivity index (χ2v) is 5.58. The van der Waals surface area contributed by atoms with Gasteiger partial charge in [0.2, 0.25) is 5.91 Å². The zero-order valence-corrected chi connectivity index (χ0v) is 12.7. The molecular formula is C16H21F3N2O. The number of alkyl halides is 3. The lowest BCUT2D eigenvalue weighted by Crippen LogP contribution is -2.21. The molecule has 1 aliphatic heterocycles. The summed E-state index contributed by atoms with van der Waals surface area (Å²) in [5.41, 5.74) is 0.203. The summed E-state index contributed by atoms with van der Waals surface area (Å²) in [6.07, 6.45) is -0.452. The van der Waals surface area contributed by atoms with Gasteiger partial charge in [-0.05, 0) is 37.5 Å². The van der Waals surface area contributed by atoms with Crippen LogP contribution in [0.15, 0.2) is 18.2 Å². The summed E-state index contributed by atoms with van der Waals surface area (Å²) in [4.78, 5) is 13.9. The van der Waals surface area contributed by atoms with Crippen LogP contribution in [0.5, 0.6) is 0 Å². The molecule has 2 rings (SSSR count). The Morgan fingerprint density at radius 2 is 1.95 bits per heavy atom. The van der Waals surface area contributed by atoms with E-state index in [-0.39, 0.29) is 11.6 Å². The Labute approximate surface area is 128 Å². The van der Waals surface area contributed by atoms with Crippen LogP contribution in [0.2, 0.25) is 0 Å². The van der Waals surface area contributed by atoms with Crippen LogP contribution >= 0.6 is 0 Å². The fraction of sp³-hybridized carbons (Fsp3) is 0.562. The lowest BCUT2D eigenvalue weighted by atomic mass is 10.1. The number of benzene rings is 1. The van der Waals surface area contributed by atoms with Crippen LogP contribution in [0.3, 0.4) is 0 Å². The normalized spacial score (nSPS) is 15.2. The maximum Gasteiger partial charge on any atom is 0.416 e. The molecule has 6 heteroatoms. The van der Waals surface area contributed by atoms with E-state index in [0.29, 0.717) is 12.1 Å². The molecule has 1 amide bonds. The van der Waals surface area contributed by atoms with Gasteiger partial charge in [0.25, 0.3) is 0 Å². The molecule has 1 aromatic rings. The van der Waals surface area contributed by atoms with Gasteiger partial charge in [-0.3, -0.25) is 4.79 Å². The molecule has 1 saturated heterocycles. The van der Waals surface area contributed by atoms with E-state index >= 15 is 0 Å². The molecule has 1 aromatic carbocycles. The summed E-state index contributed by atoms with van der Waals surface area (Å²) >= 11 is 0. The Hall–Kier alpha value is -1.72. The van der Waals surface area contributed by atoms with E-state index in [4.69, 9.17) is 0 Å². The van der Waals surface area contributed by atoms with Crippen LogP contribution in [-0.4, -0.2) is 19.0 Å². The Kier molecular flexibility index (Phi) is 5.32. The van der Waals surface area contributed by atoms with Gasteiger partial charge in [-0.2, -0.15) is 13.2 Å². The van der Waals surface area contributed by atoms with Crippen molar-refractivity contribution in [3.63, 3.8) is 0 Å². The third-order valence-electron chi connectivity index (χ3n) is 3.80. The quantitative estimate of drug-likeness (QED) is 0.871. The number of carbonyl (C=O) groups is 1. The standard InChI is InChI=1S/C16H21F3N2O/c1-2-3-6-15(22)20-13-11-12(16(17,18)19)7-8-14(13)21-9-4-5-10-21/h7-8,11H,2-6,9-10H2,1H3,(H,20,22). The fourth-order valence-corrected chi connectivity index (χ4v) is 2.60. The van der Waals surface area contributed by atoms with Crippen molar-refractivity contribution in [3.8, 4) is 0 Å². The molecule has 3 nitrogen and oxygen atoms in total. The molecular weight excluding hydrogens is 293 g/mol. The van der Waals surface area contributed by atoms with E-state index < -0.39 is 11.7 Å². The highest BCUT2D eigenvalue weighted by molar-refractivity contribution is 5.94. The van der Waals surface area contributed by atoms with Crippen molar-refractivity contribution >= 4 is 17.3 Å². The number of nitrogens with one attached hydrogen (secondary N) is 1. The molecule has 0 aliphatic carbocycles. The van der Waals surface area contributed by atoms with E-state index in [1.807, 2.05) is 11.8 Å². The van der Waals surface area contributed by atoms with E-state index in [0.717, 1.165) is 50.9 Å². The first-order chi connectivity index (χ1) is 10.4. The molecule has 1 heterocycles. The highest BCUT2D eigenvalue weighted by Gasteiger charge is 2.31. The fourth-order valence-electron chi connectivity index (χ4n) is 2.60. The smallest absolute Gasteiger partial charge is 0.370 e. The lowest BCUT2D eigenvalue weighted by molar-refractivity contribution is -0.137. The number of anilines is 2. The minimum atomic E-state index is -4.41. The van der Waals surface area contributed by atoms with Crippen LogP contribution in [-0.2, 0) is 11.0 Å². The maximum atomic E-state index is 12.9. The Morgan fingerprint density at radius 1 is 1.27 bits per heavy atom. The number of rotatable bonds is 5. The first kappa shape index (κ1) is 16.6. The number of amides is 1. The Balaban J connectivity index is 2.26. The van der Waals surface area contributed by atoms with Crippen LogP contribution in [0, 0.1) is 0 Å². The molecule has 0 radical (unpaired) electrons. The summed E-state index contributed by atoms with van der Waals surface area (Å²) in [6, 6.07) is 3.58. The van der Waals surface area contributed by atoms with Crippen molar-refractivity contribution in [3.05, 3.63) is 23.8 Å². The summed E-state index contributed by atoms with van der Waals surface area (Å²) in [5.74, 6) is -0.235. The van der Waals surface area contributed by atoms with Crippen molar-refractivity contribution in [2.24, 2.45) is 0 Å². The number of unbranched alkanes of at least 4 members (excludes halogenated alkanes) is 1. The van der Waals surface area contributed by atoms with Gasteiger partial charge in [0, 0.05) is 19.5 Å². The first-order valence-corrected chi connectivity index (χ1v) is 7.68. The SMILES string of the molecule is CCCCC(=O)Nc1cc(C(F)(F)F)ccc1N1CCCC1. The van der Waals surface area contributed by atoms with Gasteiger partial charge in [-0.1, -0.05) is 13.3 Å². The van der Waals surface area contributed by atoms with E-state index in [1.165, 1.54) is 6.07 Å². The molecule has 0 spiro atoms. The second-order valence-electron chi connectivity index (χ2n) is 5.58. The molecule has 0 atom stereocenters. The highest BCUT2D eigenvalue weighted by atomic mass is 19.4. The van der Waals surface area contributed by atoms with Crippen LogP contribution in [0.25, 0.3) is 0 Å². The summed E-state index contributed by atoms with van der Waals surface area (Å²) in [5, 5.41) is 2.65. The summed E-state index contributed by atoms with van der Waals surface area (Å²) < 4.78 is 38.7. The number of hydrogen-bond acceptors (Lipinski definition) is 2. The van der Waals surface area contributed by atoms with Crippen molar-refractivity contribution in [2.75, 3.05) is 23.3 Å². The van der Waals surface area contributed by atoms with Gasteiger partial charge in [0.1, 0.15) is 0 Å². The van der Waals surface area contributed by atoms with Crippen molar-refractivity contribution < 1.29 is 18.0 Å². The summed E-state index contributed by atoms with van der Waals surface area (Å²) in [6.45, 7) is 3.58. The van der Waals surface area contributed by atoms with Crippen LogP contribution in [0.1, 0.15) is 44.6 Å². The molecule has 1 fully saturated rings. The second kappa shape index (κ2) is 7.03. The van der Waals surface area contributed by atoms with Crippen molar-refractivity contribution in [1.82, 2.24) is 0 Å². The largest absolute Gasteiger partial charge is 0.416 e. The zero-order valence-electron chi connectivity index (χ0n) is 12.7. The molecule has 0 saturated carbocycles. The van der Waals surface area contributed by atoms with Crippen LogP contribution in [0.4, 0.5) is 24.5 Å². The third-order valence-corrected chi connectivity index (χ3v) is 3.80. The van der Waals surface area contributed by atoms with Gasteiger partial charge in [0.05, 0.1) is 16.9 Å². The van der Waals surface area contributed by atoms with Gasteiger partial charge in [-0.25, -0.2) is 0 Å².